The summed E-state index contributed by atoms with van der Waals surface area (Å²) in [6, 6.07) is 4.59. The molecule has 1 nitrogen and oxygen atoms in total. The topological polar surface area (TPSA) is 20.2 Å². The van der Waals surface area contributed by atoms with Gasteiger partial charge in [-0.1, -0.05) is 37.9 Å². The Morgan fingerprint density at radius 3 is 2.69 bits per heavy atom. The zero-order chi connectivity index (χ0) is 12.1. The van der Waals surface area contributed by atoms with Gasteiger partial charge in [-0.25, -0.2) is 4.39 Å². The van der Waals surface area contributed by atoms with Gasteiger partial charge in [0, 0.05) is 17.0 Å². The summed E-state index contributed by atoms with van der Waals surface area (Å²) < 4.78 is 13.4. The van der Waals surface area contributed by atoms with Crippen LogP contribution in [0.4, 0.5) is 4.39 Å². The molecule has 1 aromatic carbocycles. The van der Waals surface area contributed by atoms with E-state index in [0.29, 0.717) is 22.9 Å². The second kappa shape index (κ2) is 6.21. The van der Waals surface area contributed by atoms with E-state index in [4.69, 9.17) is 11.6 Å². The monoisotopic (exact) mass is 244 g/mol. The van der Waals surface area contributed by atoms with Crippen LogP contribution in [-0.2, 0) is 6.42 Å². The number of benzene rings is 1. The van der Waals surface area contributed by atoms with Crippen LogP contribution >= 0.6 is 11.6 Å². The number of rotatable bonds is 5. The van der Waals surface area contributed by atoms with Gasteiger partial charge in [-0.2, -0.15) is 0 Å². The first kappa shape index (κ1) is 13.5. The van der Waals surface area contributed by atoms with Crippen molar-refractivity contribution in [3.8, 4) is 0 Å². The highest BCUT2D eigenvalue weighted by Crippen LogP contribution is 2.22. The Balaban J connectivity index is 2.66. The van der Waals surface area contributed by atoms with E-state index in [2.05, 4.69) is 13.8 Å². The van der Waals surface area contributed by atoms with Crippen molar-refractivity contribution in [3.05, 3.63) is 34.6 Å². The van der Waals surface area contributed by atoms with Gasteiger partial charge in [-0.05, 0) is 24.5 Å². The maximum atomic E-state index is 13.4. The Morgan fingerprint density at radius 2 is 2.12 bits per heavy atom. The molecule has 0 aliphatic heterocycles. The molecule has 16 heavy (non-hydrogen) atoms. The van der Waals surface area contributed by atoms with Crippen molar-refractivity contribution in [2.75, 3.05) is 0 Å². The Hall–Kier alpha value is -0.600. The minimum Gasteiger partial charge on any atom is -0.393 e. The molecular weight excluding hydrogens is 227 g/mol. The van der Waals surface area contributed by atoms with Crippen LogP contribution in [0.2, 0.25) is 5.02 Å². The maximum Gasteiger partial charge on any atom is 0.127 e. The molecule has 0 aliphatic rings. The van der Waals surface area contributed by atoms with E-state index in [1.807, 2.05) is 0 Å². The van der Waals surface area contributed by atoms with E-state index in [1.54, 1.807) is 12.1 Å². The van der Waals surface area contributed by atoms with Crippen LogP contribution in [-0.4, -0.2) is 11.2 Å². The normalized spacial score (nSPS) is 14.8. The highest BCUT2D eigenvalue weighted by molar-refractivity contribution is 6.31. The zero-order valence-corrected chi connectivity index (χ0v) is 10.5. The Morgan fingerprint density at radius 1 is 1.44 bits per heavy atom. The molecule has 2 atom stereocenters. The van der Waals surface area contributed by atoms with E-state index >= 15 is 0 Å². The number of halogens is 2. The van der Waals surface area contributed by atoms with Crippen molar-refractivity contribution in [2.24, 2.45) is 5.92 Å². The van der Waals surface area contributed by atoms with Crippen molar-refractivity contribution in [1.82, 2.24) is 0 Å². The molecule has 0 saturated heterocycles. The molecule has 1 rings (SSSR count). The first-order chi connectivity index (χ1) is 7.54. The molecule has 0 bridgehead atoms. The molecule has 0 fully saturated rings. The van der Waals surface area contributed by atoms with E-state index in [-0.39, 0.29) is 12.2 Å². The number of hydrogen-bond donors (Lipinski definition) is 1. The van der Waals surface area contributed by atoms with Gasteiger partial charge in [0.2, 0.25) is 0 Å². The standard InChI is InChI=1S/C13H18ClFO/c1-3-9(2)7-10(16)8-11-12(14)5-4-6-13(11)15/h4-6,9-10,16H,3,7-8H2,1-2H3. The first-order valence-corrected chi connectivity index (χ1v) is 6.03. The summed E-state index contributed by atoms with van der Waals surface area (Å²) in [6.07, 6.45) is 1.46. The molecule has 1 aromatic rings. The molecule has 0 saturated carbocycles. The summed E-state index contributed by atoms with van der Waals surface area (Å²) in [4.78, 5) is 0. The lowest BCUT2D eigenvalue weighted by Gasteiger charge is -2.16. The van der Waals surface area contributed by atoms with Crippen LogP contribution in [0.25, 0.3) is 0 Å². The number of aliphatic hydroxyl groups excluding tert-OH is 1. The van der Waals surface area contributed by atoms with E-state index in [0.717, 1.165) is 6.42 Å². The summed E-state index contributed by atoms with van der Waals surface area (Å²) in [6.45, 7) is 4.15. The van der Waals surface area contributed by atoms with Crippen molar-refractivity contribution in [3.63, 3.8) is 0 Å². The van der Waals surface area contributed by atoms with Gasteiger partial charge < -0.3 is 5.11 Å². The fourth-order valence-corrected chi connectivity index (χ4v) is 1.92. The lowest BCUT2D eigenvalue weighted by atomic mass is 9.96. The molecule has 0 amide bonds. The molecule has 0 heterocycles. The third-order valence-electron chi connectivity index (χ3n) is 2.87. The smallest absolute Gasteiger partial charge is 0.127 e. The highest BCUT2D eigenvalue weighted by atomic mass is 35.5. The highest BCUT2D eigenvalue weighted by Gasteiger charge is 2.14. The molecule has 0 spiro atoms. The van der Waals surface area contributed by atoms with Crippen LogP contribution in [0.1, 0.15) is 32.3 Å². The van der Waals surface area contributed by atoms with Crippen molar-refractivity contribution in [2.45, 2.75) is 39.2 Å². The fourth-order valence-electron chi connectivity index (χ4n) is 1.68. The summed E-state index contributed by atoms with van der Waals surface area (Å²) in [5.41, 5.74) is 0.417. The Labute approximate surface area is 101 Å². The van der Waals surface area contributed by atoms with Crippen molar-refractivity contribution in [1.29, 1.82) is 0 Å². The molecule has 0 radical (unpaired) electrons. The average molecular weight is 245 g/mol. The maximum absolute atomic E-state index is 13.4. The van der Waals surface area contributed by atoms with Gasteiger partial charge >= 0.3 is 0 Å². The minimum absolute atomic E-state index is 0.288. The molecule has 1 N–H and O–H groups in total. The van der Waals surface area contributed by atoms with Crippen LogP contribution in [0.3, 0.4) is 0 Å². The lowest BCUT2D eigenvalue weighted by Crippen LogP contribution is -2.15. The van der Waals surface area contributed by atoms with Crippen molar-refractivity contribution < 1.29 is 9.50 Å². The predicted molar refractivity (Wildman–Crippen MR) is 65.2 cm³/mol. The largest absolute Gasteiger partial charge is 0.393 e. The van der Waals surface area contributed by atoms with Gasteiger partial charge in [0.1, 0.15) is 5.82 Å². The van der Waals surface area contributed by atoms with Gasteiger partial charge in [-0.3, -0.25) is 0 Å². The quantitative estimate of drug-likeness (QED) is 0.835. The summed E-state index contributed by atoms with van der Waals surface area (Å²) in [5.74, 6) is 0.108. The predicted octanol–water partition coefficient (Wildman–Crippen LogP) is 3.82. The minimum atomic E-state index is -0.524. The summed E-state index contributed by atoms with van der Waals surface area (Å²) in [7, 11) is 0. The van der Waals surface area contributed by atoms with E-state index < -0.39 is 6.10 Å². The third kappa shape index (κ3) is 3.76. The second-order valence-corrected chi connectivity index (χ2v) is 4.71. The number of aliphatic hydroxyl groups is 1. The molecule has 90 valence electrons. The van der Waals surface area contributed by atoms with Crippen LogP contribution in [0, 0.1) is 11.7 Å². The van der Waals surface area contributed by atoms with Crippen LogP contribution in [0.15, 0.2) is 18.2 Å². The molecule has 0 aromatic heterocycles. The fraction of sp³-hybridized carbons (Fsp3) is 0.538. The number of hydrogen-bond acceptors (Lipinski definition) is 1. The SMILES string of the molecule is CCC(C)CC(O)Cc1c(F)cccc1Cl. The van der Waals surface area contributed by atoms with Crippen LogP contribution in [0.5, 0.6) is 0 Å². The van der Waals surface area contributed by atoms with Crippen LogP contribution < -0.4 is 0 Å². The third-order valence-corrected chi connectivity index (χ3v) is 3.23. The molecule has 3 heteroatoms. The zero-order valence-electron chi connectivity index (χ0n) is 9.71. The molecular formula is C13H18ClFO. The first-order valence-electron chi connectivity index (χ1n) is 5.65. The second-order valence-electron chi connectivity index (χ2n) is 4.31. The Bertz CT molecular complexity index is 320. The van der Waals surface area contributed by atoms with E-state index in [1.165, 1.54) is 6.07 Å². The van der Waals surface area contributed by atoms with Gasteiger partial charge in [0.15, 0.2) is 0 Å². The lowest BCUT2D eigenvalue weighted by molar-refractivity contribution is 0.143. The average Bonchev–Trinajstić information content (AvgIpc) is 2.23. The summed E-state index contributed by atoms with van der Waals surface area (Å²) >= 11 is 5.89. The summed E-state index contributed by atoms with van der Waals surface area (Å²) in [5, 5.41) is 10.2. The van der Waals surface area contributed by atoms with Gasteiger partial charge in [0.25, 0.3) is 0 Å². The molecule has 2 unspecified atom stereocenters. The molecule has 0 aliphatic carbocycles. The van der Waals surface area contributed by atoms with E-state index in [9.17, 15) is 9.50 Å². The van der Waals surface area contributed by atoms with Crippen molar-refractivity contribution >= 4 is 11.6 Å². The van der Waals surface area contributed by atoms with Gasteiger partial charge in [-0.15, -0.1) is 0 Å². The van der Waals surface area contributed by atoms with Gasteiger partial charge in [0.05, 0.1) is 6.10 Å². The Kier molecular flexibility index (Phi) is 5.23.